The van der Waals surface area contributed by atoms with Crippen molar-refractivity contribution in [2.24, 2.45) is 5.92 Å². The van der Waals surface area contributed by atoms with Gasteiger partial charge in [-0.1, -0.05) is 92.8 Å². The maximum Gasteiger partial charge on any atom is -0.0195 e. The predicted octanol–water partition coefficient (Wildman–Crippen LogP) is 4.70. The van der Waals surface area contributed by atoms with Crippen LogP contribution in [0, 0.1) is 5.92 Å². The van der Waals surface area contributed by atoms with Gasteiger partial charge >= 0.3 is 0 Å². The van der Waals surface area contributed by atoms with Crippen molar-refractivity contribution >= 4 is 18.5 Å². The number of hydrogen-bond donors (Lipinski definition) is 0. The Balaban J connectivity index is 1.83. The molecule has 0 nitrogen and oxygen atoms in total. The van der Waals surface area contributed by atoms with Gasteiger partial charge in [0.2, 0.25) is 0 Å². The van der Waals surface area contributed by atoms with Crippen LogP contribution in [0.2, 0.25) is 0 Å². The molecule has 0 heterocycles. The molecule has 2 aromatic carbocycles. The molecule has 104 valence electrons. The Labute approximate surface area is 124 Å². The lowest BCUT2D eigenvalue weighted by atomic mass is 9.91. The van der Waals surface area contributed by atoms with Gasteiger partial charge in [-0.05, 0) is 30.6 Å². The van der Waals surface area contributed by atoms with Crippen LogP contribution in [0.4, 0.5) is 0 Å². The third-order valence-electron chi connectivity index (χ3n) is 4.30. The fraction of sp³-hybridized carbons (Fsp3) is 0.368. The van der Waals surface area contributed by atoms with E-state index in [1.54, 1.807) is 10.6 Å². The Bertz CT molecular complexity index is 460. The lowest BCUT2D eigenvalue weighted by Gasteiger charge is -2.27. The number of hydrogen-bond acceptors (Lipinski definition) is 0. The maximum absolute atomic E-state index is 2.32. The van der Waals surface area contributed by atoms with Crippen LogP contribution < -0.4 is 10.6 Å². The average molecular weight is 282 g/mol. The van der Waals surface area contributed by atoms with Crippen molar-refractivity contribution in [3.63, 3.8) is 0 Å². The van der Waals surface area contributed by atoms with Gasteiger partial charge in [-0.2, -0.15) is 0 Å². The zero-order chi connectivity index (χ0) is 13.6. The highest BCUT2D eigenvalue weighted by Gasteiger charge is 2.21. The highest BCUT2D eigenvalue weighted by molar-refractivity contribution is 7.73. The third kappa shape index (κ3) is 3.49. The lowest BCUT2D eigenvalue weighted by Crippen LogP contribution is -2.19. The van der Waals surface area contributed by atoms with Gasteiger partial charge in [0, 0.05) is 0 Å². The first-order valence-corrected chi connectivity index (χ1v) is 9.34. The molecule has 1 aliphatic rings. The zero-order valence-electron chi connectivity index (χ0n) is 12.0. The molecule has 0 radical (unpaired) electrons. The summed E-state index contributed by atoms with van der Waals surface area (Å²) >= 11 is 0. The van der Waals surface area contributed by atoms with Crippen LogP contribution in [0.25, 0.3) is 0 Å². The second kappa shape index (κ2) is 7.04. The van der Waals surface area contributed by atoms with Gasteiger partial charge in [-0.25, -0.2) is 0 Å². The molecule has 0 unspecified atom stereocenters. The lowest BCUT2D eigenvalue weighted by molar-refractivity contribution is 0.390. The fourth-order valence-corrected chi connectivity index (χ4v) is 5.87. The quantitative estimate of drug-likeness (QED) is 0.713. The summed E-state index contributed by atoms with van der Waals surface area (Å²) in [6.45, 7) is 0. The molecule has 0 amide bonds. The van der Waals surface area contributed by atoms with Gasteiger partial charge in [-0.3, -0.25) is 0 Å². The molecular formula is C19H23P. The highest BCUT2D eigenvalue weighted by Crippen LogP contribution is 2.39. The summed E-state index contributed by atoms with van der Waals surface area (Å²) in [6.07, 6.45) is 8.60. The van der Waals surface area contributed by atoms with E-state index >= 15 is 0 Å². The van der Waals surface area contributed by atoms with Gasteiger partial charge < -0.3 is 0 Å². The summed E-state index contributed by atoms with van der Waals surface area (Å²) in [5.41, 5.74) is 0. The molecule has 2 aromatic rings. The molecule has 1 aliphatic carbocycles. The van der Waals surface area contributed by atoms with Crippen molar-refractivity contribution in [1.82, 2.24) is 0 Å². The van der Waals surface area contributed by atoms with Crippen LogP contribution in [-0.2, 0) is 0 Å². The van der Waals surface area contributed by atoms with Crippen LogP contribution >= 0.6 is 7.92 Å². The topological polar surface area (TPSA) is 0 Å². The van der Waals surface area contributed by atoms with Gasteiger partial charge in [-0.15, -0.1) is 0 Å². The predicted molar refractivity (Wildman–Crippen MR) is 90.5 cm³/mol. The summed E-state index contributed by atoms with van der Waals surface area (Å²) < 4.78 is 0. The Morgan fingerprint density at radius 1 is 0.700 bits per heavy atom. The Hall–Kier alpha value is -1.13. The van der Waals surface area contributed by atoms with Crippen LogP contribution in [0.3, 0.4) is 0 Å². The van der Waals surface area contributed by atoms with Crippen molar-refractivity contribution in [2.75, 3.05) is 6.16 Å². The molecule has 0 bridgehead atoms. The molecule has 0 spiro atoms. The first-order chi connectivity index (χ1) is 9.93. The average Bonchev–Trinajstić information content (AvgIpc) is 2.55. The first kappa shape index (κ1) is 13.8. The molecule has 0 aliphatic heterocycles. The molecule has 1 heteroatoms. The van der Waals surface area contributed by atoms with Crippen molar-refractivity contribution in [3.05, 3.63) is 60.7 Å². The Morgan fingerprint density at radius 2 is 1.20 bits per heavy atom. The van der Waals surface area contributed by atoms with E-state index in [1.165, 1.54) is 38.3 Å². The summed E-state index contributed by atoms with van der Waals surface area (Å²) in [6, 6.07) is 22.3. The number of benzene rings is 2. The second-order valence-electron chi connectivity index (χ2n) is 5.79. The molecule has 3 rings (SSSR count). The van der Waals surface area contributed by atoms with Gasteiger partial charge in [0.15, 0.2) is 0 Å². The molecule has 20 heavy (non-hydrogen) atoms. The van der Waals surface area contributed by atoms with E-state index in [4.69, 9.17) is 0 Å². The normalized spacial score (nSPS) is 16.4. The van der Waals surface area contributed by atoms with Crippen LogP contribution in [0.15, 0.2) is 60.7 Å². The van der Waals surface area contributed by atoms with Crippen LogP contribution in [0.1, 0.15) is 32.1 Å². The second-order valence-corrected chi connectivity index (χ2v) is 8.04. The molecule has 0 aromatic heterocycles. The largest absolute Gasteiger partial charge is 0.0622 e. The SMILES string of the molecule is c1ccc(P(CC2CCCCC2)c2ccccc2)cc1. The van der Waals surface area contributed by atoms with Crippen molar-refractivity contribution in [2.45, 2.75) is 32.1 Å². The molecule has 1 saturated carbocycles. The van der Waals surface area contributed by atoms with Crippen LogP contribution in [-0.4, -0.2) is 6.16 Å². The third-order valence-corrected chi connectivity index (χ3v) is 7.03. The first-order valence-electron chi connectivity index (χ1n) is 7.81. The van der Waals surface area contributed by atoms with Crippen LogP contribution in [0.5, 0.6) is 0 Å². The smallest absolute Gasteiger partial charge is 0.0195 e. The summed E-state index contributed by atoms with van der Waals surface area (Å²) in [4.78, 5) is 0. The molecule has 1 fully saturated rings. The molecule has 0 atom stereocenters. The summed E-state index contributed by atoms with van der Waals surface area (Å²) in [5, 5.41) is 3.08. The van der Waals surface area contributed by atoms with Gasteiger partial charge in [0.25, 0.3) is 0 Å². The zero-order valence-corrected chi connectivity index (χ0v) is 12.9. The highest BCUT2D eigenvalue weighted by atomic mass is 31.1. The Kier molecular flexibility index (Phi) is 4.87. The van der Waals surface area contributed by atoms with E-state index in [9.17, 15) is 0 Å². The summed E-state index contributed by atoms with van der Waals surface area (Å²) in [7, 11) is -0.174. The monoisotopic (exact) mass is 282 g/mol. The minimum atomic E-state index is -0.174. The van der Waals surface area contributed by atoms with Crippen molar-refractivity contribution in [1.29, 1.82) is 0 Å². The standard InChI is InChI=1S/C19H23P/c1-4-10-17(11-5-1)16-20(18-12-6-2-7-13-18)19-14-8-3-9-15-19/h2-3,6-9,12-15,17H,1,4-5,10-11,16H2. The summed E-state index contributed by atoms with van der Waals surface area (Å²) in [5.74, 6) is 0.940. The van der Waals surface area contributed by atoms with Crippen molar-refractivity contribution in [3.8, 4) is 0 Å². The molecule has 0 saturated heterocycles. The number of rotatable bonds is 4. The van der Waals surface area contributed by atoms with E-state index < -0.39 is 0 Å². The van der Waals surface area contributed by atoms with E-state index in [0.717, 1.165) is 5.92 Å². The molecule has 0 N–H and O–H groups in total. The van der Waals surface area contributed by atoms with Crippen molar-refractivity contribution < 1.29 is 0 Å². The fourth-order valence-electron chi connectivity index (χ4n) is 3.20. The minimum Gasteiger partial charge on any atom is -0.0622 e. The van der Waals surface area contributed by atoms with E-state index in [0.29, 0.717) is 0 Å². The Morgan fingerprint density at radius 3 is 1.70 bits per heavy atom. The van der Waals surface area contributed by atoms with E-state index in [1.807, 2.05) is 0 Å². The minimum absolute atomic E-state index is 0.174. The van der Waals surface area contributed by atoms with Gasteiger partial charge in [0.05, 0.1) is 0 Å². The van der Waals surface area contributed by atoms with E-state index in [-0.39, 0.29) is 7.92 Å². The maximum atomic E-state index is 2.32. The van der Waals surface area contributed by atoms with Gasteiger partial charge in [0.1, 0.15) is 0 Å². The molecular weight excluding hydrogens is 259 g/mol. The van der Waals surface area contributed by atoms with E-state index in [2.05, 4.69) is 60.7 Å².